The molecule has 0 unspecified atom stereocenters. The zero-order chi connectivity index (χ0) is 20.0. The molecule has 0 radical (unpaired) electrons. The number of benzene rings is 1. The maximum atomic E-state index is 13.0. The van der Waals surface area contributed by atoms with Gasteiger partial charge in [-0.2, -0.15) is 0 Å². The number of anilines is 1. The molecule has 1 aromatic carbocycles. The maximum absolute atomic E-state index is 13.0. The SMILES string of the molecule is NC(=O)c1c(NC(=O)CN(C2CC2)[C@H]2CCc3ccccc32)sc2c1CCCC2. The number of nitrogens with one attached hydrogen (secondary N) is 1. The highest BCUT2D eigenvalue weighted by atomic mass is 32.1. The van der Waals surface area contributed by atoms with E-state index in [0.29, 0.717) is 29.2 Å². The van der Waals surface area contributed by atoms with Crippen LogP contribution in [0.15, 0.2) is 24.3 Å². The topological polar surface area (TPSA) is 75.4 Å². The number of carbonyl (C=O) groups excluding carboxylic acids is 2. The van der Waals surface area contributed by atoms with E-state index in [1.807, 2.05) is 0 Å². The summed E-state index contributed by atoms with van der Waals surface area (Å²) in [6, 6.07) is 9.41. The van der Waals surface area contributed by atoms with Crippen LogP contribution < -0.4 is 11.1 Å². The van der Waals surface area contributed by atoms with Gasteiger partial charge in [-0.3, -0.25) is 14.5 Å². The summed E-state index contributed by atoms with van der Waals surface area (Å²) < 4.78 is 0. The van der Waals surface area contributed by atoms with Crippen molar-refractivity contribution >= 4 is 28.2 Å². The van der Waals surface area contributed by atoms with Gasteiger partial charge in [-0.1, -0.05) is 24.3 Å². The molecule has 1 atom stereocenters. The fraction of sp³-hybridized carbons (Fsp3) is 0.478. The van der Waals surface area contributed by atoms with Gasteiger partial charge < -0.3 is 11.1 Å². The lowest BCUT2D eigenvalue weighted by Gasteiger charge is -2.29. The summed E-state index contributed by atoms with van der Waals surface area (Å²) in [5.41, 5.74) is 10.1. The Morgan fingerprint density at radius 2 is 1.90 bits per heavy atom. The average molecular weight is 410 g/mol. The average Bonchev–Trinajstić information content (AvgIpc) is 3.35. The molecule has 5 rings (SSSR count). The molecule has 0 saturated heterocycles. The third-order valence-corrected chi connectivity index (χ3v) is 7.72. The number of fused-ring (bicyclic) bond motifs is 2. The molecule has 1 heterocycles. The van der Waals surface area contributed by atoms with Crippen molar-refractivity contribution in [3.63, 3.8) is 0 Å². The normalized spacial score (nSPS) is 20.4. The Morgan fingerprint density at radius 3 is 2.69 bits per heavy atom. The van der Waals surface area contributed by atoms with Crippen molar-refractivity contribution in [1.29, 1.82) is 0 Å². The number of nitrogens with zero attached hydrogens (tertiary/aromatic N) is 1. The Kier molecular flexibility index (Phi) is 4.92. The zero-order valence-corrected chi connectivity index (χ0v) is 17.4. The van der Waals surface area contributed by atoms with Gasteiger partial charge in [0, 0.05) is 17.0 Å². The highest BCUT2D eigenvalue weighted by Gasteiger charge is 2.38. The number of thiophene rings is 1. The third-order valence-electron chi connectivity index (χ3n) is 6.51. The predicted octanol–water partition coefficient (Wildman–Crippen LogP) is 3.82. The number of aryl methyl sites for hydroxylation is 2. The number of carbonyl (C=O) groups is 2. The molecular weight excluding hydrogens is 382 g/mol. The zero-order valence-electron chi connectivity index (χ0n) is 16.6. The minimum absolute atomic E-state index is 0.0395. The lowest BCUT2D eigenvalue weighted by Crippen LogP contribution is -2.37. The molecule has 3 aliphatic carbocycles. The van der Waals surface area contributed by atoms with E-state index >= 15 is 0 Å². The second-order valence-electron chi connectivity index (χ2n) is 8.48. The first kappa shape index (κ1) is 18.8. The number of hydrogen-bond acceptors (Lipinski definition) is 4. The minimum atomic E-state index is -0.427. The fourth-order valence-electron chi connectivity index (χ4n) is 5.03. The molecular formula is C23H27N3O2S. The molecule has 0 bridgehead atoms. The molecule has 0 aliphatic heterocycles. The van der Waals surface area contributed by atoms with E-state index in [9.17, 15) is 9.59 Å². The van der Waals surface area contributed by atoms with Crippen LogP contribution in [0, 0.1) is 0 Å². The first-order valence-electron chi connectivity index (χ1n) is 10.7. The van der Waals surface area contributed by atoms with Crippen molar-refractivity contribution in [2.75, 3.05) is 11.9 Å². The Balaban J connectivity index is 1.35. The molecule has 2 amide bonds. The Bertz CT molecular complexity index is 963. The van der Waals surface area contributed by atoms with Gasteiger partial charge in [0.15, 0.2) is 0 Å². The minimum Gasteiger partial charge on any atom is -0.365 e. The van der Waals surface area contributed by atoms with Gasteiger partial charge >= 0.3 is 0 Å². The van der Waals surface area contributed by atoms with E-state index in [2.05, 4.69) is 34.5 Å². The Labute approximate surface area is 175 Å². The summed E-state index contributed by atoms with van der Waals surface area (Å²) in [5, 5.41) is 3.70. The van der Waals surface area contributed by atoms with Crippen LogP contribution in [0.3, 0.4) is 0 Å². The highest BCUT2D eigenvalue weighted by Crippen LogP contribution is 2.42. The van der Waals surface area contributed by atoms with Crippen molar-refractivity contribution in [3.05, 3.63) is 51.4 Å². The molecule has 2 aromatic rings. The van der Waals surface area contributed by atoms with Crippen molar-refractivity contribution < 1.29 is 9.59 Å². The number of primary amides is 1. The second-order valence-corrected chi connectivity index (χ2v) is 9.59. The molecule has 152 valence electrons. The summed E-state index contributed by atoms with van der Waals surface area (Å²) in [5.74, 6) is -0.467. The fourth-order valence-corrected chi connectivity index (χ4v) is 6.34. The van der Waals surface area contributed by atoms with Gasteiger partial charge in [-0.15, -0.1) is 11.3 Å². The van der Waals surface area contributed by atoms with E-state index in [1.54, 1.807) is 0 Å². The monoisotopic (exact) mass is 409 g/mol. The van der Waals surface area contributed by atoms with Crippen LogP contribution >= 0.6 is 11.3 Å². The Hall–Kier alpha value is -2.18. The summed E-state index contributed by atoms with van der Waals surface area (Å²) in [4.78, 5) is 28.7. The summed E-state index contributed by atoms with van der Waals surface area (Å²) in [7, 11) is 0. The lowest BCUT2D eigenvalue weighted by molar-refractivity contribution is -0.118. The molecule has 29 heavy (non-hydrogen) atoms. The molecule has 6 heteroatoms. The van der Waals surface area contributed by atoms with E-state index in [1.165, 1.54) is 27.3 Å². The van der Waals surface area contributed by atoms with Gasteiger partial charge in [0.2, 0.25) is 5.91 Å². The van der Waals surface area contributed by atoms with Gasteiger partial charge in [-0.25, -0.2) is 0 Å². The number of rotatable bonds is 6. The van der Waals surface area contributed by atoms with Gasteiger partial charge in [0.05, 0.1) is 12.1 Å². The van der Waals surface area contributed by atoms with E-state index < -0.39 is 5.91 Å². The molecule has 1 aromatic heterocycles. The number of hydrogen-bond donors (Lipinski definition) is 2. The first-order valence-corrected chi connectivity index (χ1v) is 11.5. The van der Waals surface area contributed by atoms with Crippen LogP contribution in [-0.4, -0.2) is 29.3 Å². The van der Waals surface area contributed by atoms with E-state index in [0.717, 1.165) is 56.9 Å². The molecule has 0 spiro atoms. The van der Waals surface area contributed by atoms with E-state index in [-0.39, 0.29) is 5.91 Å². The molecule has 1 saturated carbocycles. The standard InChI is InChI=1S/C23H27N3O2S/c24-22(28)21-17-7-3-4-8-19(17)29-23(21)25-20(27)13-26(15-10-11-15)18-12-9-14-5-1-2-6-16(14)18/h1-2,5-6,15,18H,3-4,7-13H2,(H2,24,28)(H,25,27)/t18-/m0/s1. The highest BCUT2D eigenvalue weighted by molar-refractivity contribution is 7.17. The molecule has 1 fully saturated rings. The Morgan fingerprint density at radius 1 is 1.10 bits per heavy atom. The smallest absolute Gasteiger partial charge is 0.251 e. The molecule has 5 nitrogen and oxygen atoms in total. The quantitative estimate of drug-likeness (QED) is 0.762. The third kappa shape index (κ3) is 3.60. The second kappa shape index (κ2) is 7.58. The van der Waals surface area contributed by atoms with Crippen molar-refractivity contribution in [2.45, 2.75) is 63.5 Å². The van der Waals surface area contributed by atoms with Crippen molar-refractivity contribution in [1.82, 2.24) is 4.90 Å². The van der Waals surface area contributed by atoms with Crippen molar-refractivity contribution in [2.24, 2.45) is 5.73 Å². The predicted molar refractivity (Wildman–Crippen MR) is 115 cm³/mol. The molecule has 3 aliphatic rings. The van der Waals surface area contributed by atoms with Crippen molar-refractivity contribution in [3.8, 4) is 0 Å². The van der Waals surface area contributed by atoms with Crippen LogP contribution in [0.5, 0.6) is 0 Å². The van der Waals surface area contributed by atoms with Gasteiger partial charge in [0.1, 0.15) is 5.00 Å². The van der Waals surface area contributed by atoms with Crippen LogP contribution in [0.1, 0.15) is 70.1 Å². The van der Waals surface area contributed by atoms with Crippen LogP contribution in [-0.2, 0) is 24.1 Å². The summed E-state index contributed by atoms with van der Waals surface area (Å²) >= 11 is 1.54. The number of nitrogens with two attached hydrogens (primary N) is 1. The molecule has 3 N–H and O–H groups in total. The van der Waals surface area contributed by atoms with Crippen LogP contribution in [0.4, 0.5) is 5.00 Å². The van der Waals surface area contributed by atoms with Gasteiger partial charge in [0.25, 0.3) is 5.91 Å². The summed E-state index contributed by atoms with van der Waals surface area (Å²) in [6.07, 6.45) is 8.54. The lowest BCUT2D eigenvalue weighted by atomic mass is 9.95. The first-order chi connectivity index (χ1) is 14.1. The van der Waals surface area contributed by atoms with Gasteiger partial charge in [-0.05, 0) is 68.1 Å². The van der Waals surface area contributed by atoms with Crippen LogP contribution in [0.25, 0.3) is 0 Å². The number of amides is 2. The largest absolute Gasteiger partial charge is 0.365 e. The van der Waals surface area contributed by atoms with E-state index in [4.69, 9.17) is 5.73 Å². The van der Waals surface area contributed by atoms with Crippen LogP contribution in [0.2, 0.25) is 0 Å². The summed E-state index contributed by atoms with van der Waals surface area (Å²) in [6.45, 7) is 0.366. The maximum Gasteiger partial charge on any atom is 0.251 e.